The van der Waals surface area contributed by atoms with E-state index in [1.54, 1.807) is 0 Å². The van der Waals surface area contributed by atoms with Crippen molar-refractivity contribution in [2.75, 3.05) is 6.61 Å². The van der Waals surface area contributed by atoms with Crippen LogP contribution in [0.3, 0.4) is 0 Å². The van der Waals surface area contributed by atoms with Gasteiger partial charge in [0.05, 0.1) is 18.8 Å². The molecule has 5 N–H and O–H groups in total. The Morgan fingerprint density at radius 3 is 0.960 bits per heavy atom. The fourth-order valence-electron chi connectivity index (χ4n) is 7.23. The van der Waals surface area contributed by atoms with Gasteiger partial charge in [-0.3, -0.25) is 4.79 Å². The van der Waals surface area contributed by atoms with Crippen LogP contribution in [0.5, 0.6) is 0 Å². The van der Waals surface area contributed by atoms with Crippen LogP contribution in [0, 0.1) is 0 Å². The zero-order chi connectivity index (χ0) is 36.8. The summed E-state index contributed by atoms with van der Waals surface area (Å²) in [6.07, 6.45) is 41.3. The minimum Gasteiger partial charge on any atom is -0.394 e. The smallest absolute Gasteiger partial charge is 0.249 e. The number of rotatable bonds is 41. The molecule has 0 aromatic carbocycles. The highest BCUT2D eigenvalue weighted by Gasteiger charge is 2.28. The number of unbranched alkanes of at least 4 members (excludes halogenated alkanes) is 32. The SMILES string of the molecule is CCCCCCCCCCCCCCCCCCCCCCC(O)C(=O)N[C@H](CO)[C@H](O)C(O)CCCCCCCCCCCCCCCC. The van der Waals surface area contributed by atoms with Crippen molar-refractivity contribution in [1.82, 2.24) is 5.32 Å². The van der Waals surface area contributed by atoms with E-state index in [9.17, 15) is 25.2 Å². The van der Waals surface area contributed by atoms with Crippen LogP contribution in [-0.4, -0.2) is 57.3 Å². The van der Waals surface area contributed by atoms with E-state index in [0.717, 1.165) is 38.5 Å². The van der Waals surface area contributed by atoms with Gasteiger partial charge in [0.15, 0.2) is 0 Å². The quantitative estimate of drug-likeness (QED) is 0.0406. The maximum Gasteiger partial charge on any atom is 0.249 e. The molecule has 0 aromatic heterocycles. The molecule has 0 spiro atoms. The fourth-order valence-corrected chi connectivity index (χ4v) is 7.23. The molecule has 0 fully saturated rings. The molecule has 0 saturated heterocycles. The second-order valence-electron chi connectivity index (χ2n) is 15.8. The third kappa shape index (κ3) is 33.2. The minimum absolute atomic E-state index is 0.376. The molecular weight excluding hydrogens is 622 g/mol. The molecule has 0 heterocycles. The molecule has 0 rings (SSSR count). The zero-order valence-corrected chi connectivity index (χ0v) is 33.7. The van der Waals surface area contributed by atoms with Crippen LogP contribution in [0.25, 0.3) is 0 Å². The van der Waals surface area contributed by atoms with Crippen molar-refractivity contribution in [2.45, 2.75) is 269 Å². The molecule has 0 aromatic rings. The summed E-state index contributed by atoms with van der Waals surface area (Å²) in [4.78, 5) is 12.5. The second-order valence-corrected chi connectivity index (χ2v) is 15.8. The highest BCUT2D eigenvalue weighted by Crippen LogP contribution is 2.17. The van der Waals surface area contributed by atoms with Gasteiger partial charge in [0.1, 0.15) is 12.2 Å². The molecule has 50 heavy (non-hydrogen) atoms. The monoisotopic (exact) mass is 712 g/mol. The van der Waals surface area contributed by atoms with Gasteiger partial charge in [0.25, 0.3) is 0 Å². The number of aliphatic hydroxyl groups excluding tert-OH is 4. The van der Waals surface area contributed by atoms with E-state index in [4.69, 9.17) is 0 Å². The second kappa shape index (κ2) is 39.5. The lowest BCUT2D eigenvalue weighted by Crippen LogP contribution is -2.53. The Bertz CT molecular complexity index is 677. The largest absolute Gasteiger partial charge is 0.394 e. The van der Waals surface area contributed by atoms with Gasteiger partial charge in [-0.25, -0.2) is 0 Å². The van der Waals surface area contributed by atoms with Crippen LogP contribution in [-0.2, 0) is 4.79 Å². The van der Waals surface area contributed by atoms with Gasteiger partial charge < -0.3 is 25.7 Å². The molecule has 0 saturated carbocycles. The van der Waals surface area contributed by atoms with Crippen molar-refractivity contribution < 1.29 is 25.2 Å². The molecule has 0 radical (unpaired) electrons. The van der Waals surface area contributed by atoms with E-state index in [-0.39, 0.29) is 0 Å². The molecule has 300 valence electrons. The van der Waals surface area contributed by atoms with Crippen molar-refractivity contribution in [3.63, 3.8) is 0 Å². The van der Waals surface area contributed by atoms with Crippen molar-refractivity contribution in [2.24, 2.45) is 0 Å². The van der Waals surface area contributed by atoms with Gasteiger partial charge in [-0.15, -0.1) is 0 Å². The van der Waals surface area contributed by atoms with Crippen LogP contribution in [0.15, 0.2) is 0 Å². The average Bonchev–Trinajstić information content (AvgIpc) is 3.12. The van der Waals surface area contributed by atoms with E-state index >= 15 is 0 Å². The van der Waals surface area contributed by atoms with Gasteiger partial charge in [-0.2, -0.15) is 0 Å². The van der Waals surface area contributed by atoms with E-state index in [0.29, 0.717) is 12.8 Å². The maximum absolute atomic E-state index is 12.5. The molecule has 4 atom stereocenters. The first-order valence-electron chi connectivity index (χ1n) is 22.4. The first-order chi connectivity index (χ1) is 24.5. The number of carbonyl (C=O) groups excluding carboxylic acids is 1. The van der Waals surface area contributed by atoms with Gasteiger partial charge in [-0.05, 0) is 12.8 Å². The van der Waals surface area contributed by atoms with Crippen molar-refractivity contribution in [1.29, 1.82) is 0 Å². The standard InChI is InChI=1S/C44H89NO5/c1-3-5-7-9-11-13-15-17-19-20-21-22-23-24-26-28-30-32-34-36-38-42(48)44(50)45-40(39-46)43(49)41(47)37-35-33-31-29-27-25-18-16-14-12-10-8-6-4-2/h40-43,46-49H,3-39H2,1-2H3,(H,45,50)/t40-,41?,42?,43+/m1/s1. The van der Waals surface area contributed by atoms with Gasteiger partial charge in [0, 0.05) is 0 Å². The van der Waals surface area contributed by atoms with Crippen LogP contribution in [0.1, 0.15) is 245 Å². The highest BCUT2D eigenvalue weighted by atomic mass is 16.3. The summed E-state index contributed by atoms with van der Waals surface area (Å²) >= 11 is 0. The van der Waals surface area contributed by atoms with E-state index in [1.165, 1.54) is 180 Å². The number of carbonyl (C=O) groups is 1. The van der Waals surface area contributed by atoms with Gasteiger partial charge >= 0.3 is 0 Å². The molecular formula is C44H89NO5. The molecule has 6 nitrogen and oxygen atoms in total. The fraction of sp³-hybridized carbons (Fsp3) is 0.977. The first kappa shape index (κ1) is 49.3. The Kier molecular flexibility index (Phi) is 39.0. The lowest BCUT2D eigenvalue weighted by atomic mass is 9.99. The Balaban J connectivity index is 3.68. The molecule has 0 aliphatic heterocycles. The Labute approximate surface area is 311 Å². The van der Waals surface area contributed by atoms with Crippen LogP contribution in [0.4, 0.5) is 0 Å². The topological polar surface area (TPSA) is 110 Å². The third-order valence-corrected chi connectivity index (χ3v) is 10.8. The third-order valence-electron chi connectivity index (χ3n) is 10.8. The van der Waals surface area contributed by atoms with Crippen LogP contribution >= 0.6 is 0 Å². The lowest BCUT2D eigenvalue weighted by Gasteiger charge is -2.27. The number of nitrogens with one attached hydrogen (secondary N) is 1. The van der Waals surface area contributed by atoms with Crippen molar-refractivity contribution in [3.05, 3.63) is 0 Å². The summed E-state index contributed by atoms with van der Waals surface area (Å²) < 4.78 is 0. The summed E-state index contributed by atoms with van der Waals surface area (Å²) in [6, 6.07) is -0.978. The molecule has 2 unspecified atom stereocenters. The summed E-state index contributed by atoms with van der Waals surface area (Å²) in [5.41, 5.74) is 0. The van der Waals surface area contributed by atoms with E-state index in [1.807, 2.05) is 0 Å². The van der Waals surface area contributed by atoms with E-state index in [2.05, 4.69) is 19.2 Å². The number of hydrogen-bond acceptors (Lipinski definition) is 5. The Hall–Kier alpha value is -0.690. The molecule has 0 aliphatic rings. The van der Waals surface area contributed by atoms with Crippen molar-refractivity contribution in [3.8, 4) is 0 Å². The van der Waals surface area contributed by atoms with Gasteiger partial charge in [0.2, 0.25) is 5.91 Å². The Morgan fingerprint density at radius 2 is 0.680 bits per heavy atom. The lowest BCUT2D eigenvalue weighted by molar-refractivity contribution is -0.132. The summed E-state index contributed by atoms with van der Waals surface area (Å²) in [7, 11) is 0. The number of hydrogen-bond donors (Lipinski definition) is 5. The molecule has 0 aliphatic carbocycles. The zero-order valence-electron chi connectivity index (χ0n) is 33.7. The minimum atomic E-state index is -1.25. The summed E-state index contributed by atoms with van der Waals surface area (Å²) in [5.74, 6) is -0.579. The normalized spacial score (nSPS) is 14.1. The van der Waals surface area contributed by atoms with Crippen molar-refractivity contribution >= 4 is 5.91 Å². The number of amides is 1. The predicted octanol–water partition coefficient (Wildman–Crippen LogP) is 11.6. The maximum atomic E-state index is 12.5. The molecule has 0 bridgehead atoms. The molecule has 1 amide bonds. The van der Waals surface area contributed by atoms with Crippen LogP contribution in [0.2, 0.25) is 0 Å². The van der Waals surface area contributed by atoms with Gasteiger partial charge in [-0.1, -0.05) is 232 Å². The summed E-state index contributed by atoms with van der Waals surface area (Å²) in [5, 5.41) is 43.7. The summed E-state index contributed by atoms with van der Waals surface area (Å²) in [6.45, 7) is 4.06. The number of aliphatic hydroxyl groups is 4. The Morgan fingerprint density at radius 1 is 0.420 bits per heavy atom. The first-order valence-corrected chi connectivity index (χ1v) is 22.4. The van der Waals surface area contributed by atoms with Crippen LogP contribution < -0.4 is 5.32 Å². The average molecular weight is 712 g/mol. The predicted molar refractivity (Wildman–Crippen MR) is 215 cm³/mol. The van der Waals surface area contributed by atoms with E-state index < -0.39 is 36.9 Å². The highest BCUT2D eigenvalue weighted by molar-refractivity contribution is 5.80. The molecule has 6 heteroatoms.